The third kappa shape index (κ3) is 3.92. The summed E-state index contributed by atoms with van der Waals surface area (Å²) in [5, 5.41) is 3.50. The van der Waals surface area contributed by atoms with Crippen LogP contribution in [0.3, 0.4) is 0 Å². The molecule has 0 saturated heterocycles. The van der Waals surface area contributed by atoms with Crippen LogP contribution in [0.5, 0.6) is 5.75 Å². The summed E-state index contributed by atoms with van der Waals surface area (Å²) in [5.41, 5.74) is 1.28. The zero-order valence-corrected chi connectivity index (χ0v) is 9.92. The van der Waals surface area contributed by atoms with Crippen molar-refractivity contribution in [2.75, 3.05) is 13.7 Å². The lowest BCUT2D eigenvalue weighted by Crippen LogP contribution is -2.19. The van der Waals surface area contributed by atoms with E-state index in [0.29, 0.717) is 6.04 Å². The second kappa shape index (κ2) is 6.46. The van der Waals surface area contributed by atoms with Gasteiger partial charge in [0.2, 0.25) is 0 Å². The minimum absolute atomic E-state index is 0.395. The van der Waals surface area contributed by atoms with Crippen molar-refractivity contribution >= 4 is 0 Å². The van der Waals surface area contributed by atoms with Gasteiger partial charge in [0.25, 0.3) is 0 Å². The molecule has 1 aromatic rings. The lowest BCUT2D eigenvalue weighted by molar-refractivity contribution is 0.413. The van der Waals surface area contributed by atoms with Crippen LogP contribution in [0.4, 0.5) is 0 Å². The Morgan fingerprint density at radius 3 is 2.87 bits per heavy atom. The van der Waals surface area contributed by atoms with Gasteiger partial charge in [-0.05, 0) is 37.6 Å². The van der Waals surface area contributed by atoms with Gasteiger partial charge in [-0.15, -0.1) is 0 Å². The van der Waals surface area contributed by atoms with Crippen LogP contribution in [0.25, 0.3) is 0 Å². The van der Waals surface area contributed by atoms with Crippen molar-refractivity contribution in [2.24, 2.45) is 0 Å². The minimum Gasteiger partial charge on any atom is -0.497 e. The normalized spacial score (nSPS) is 12.5. The van der Waals surface area contributed by atoms with Crippen LogP contribution in [0.2, 0.25) is 0 Å². The van der Waals surface area contributed by atoms with Gasteiger partial charge in [-0.25, -0.2) is 0 Å². The van der Waals surface area contributed by atoms with Crippen LogP contribution in [0.1, 0.15) is 38.3 Å². The summed E-state index contributed by atoms with van der Waals surface area (Å²) in [6.45, 7) is 5.47. The second-order valence-electron chi connectivity index (χ2n) is 3.81. The fraction of sp³-hybridized carbons (Fsp3) is 0.538. The summed E-state index contributed by atoms with van der Waals surface area (Å²) in [6.07, 6.45) is 2.46. The zero-order valence-electron chi connectivity index (χ0n) is 9.92. The van der Waals surface area contributed by atoms with Gasteiger partial charge in [0.15, 0.2) is 0 Å². The Morgan fingerprint density at radius 1 is 1.40 bits per heavy atom. The first kappa shape index (κ1) is 12.1. The molecule has 84 valence electrons. The molecule has 1 rings (SSSR count). The Labute approximate surface area is 92.6 Å². The van der Waals surface area contributed by atoms with Crippen LogP contribution in [0, 0.1) is 0 Å². The molecule has 0 aliphatic heterocycles. The van der Waals surface area contributed by atoms with Crippen LogP contribution in [-0.2, 0) is 0 Å². The molecule has 1 N–H and O–H groups in total. The number of nitrogens with one attached hydrogen (secondary N) is 1. The highest BCUT2D eigenvalue weighted by molar-refractivity contribution is 5.30. The number of unbranched alkanes of at least 4 members (excludes halogenated alkanes) is 1. The van der Waals surface area contributed by atoms with Crippen molar-refractivity contribution in [3.63, 3.8) is 0 Å². The lowest BCUT2D eigenvalue weighted by Gasteiger charge is -2.14. The maximum absolute atomic E-state index is 5.20. The van der Waals surface area contributed by atoms with Crippen LogP contribution in [-0.4, -0.2) is 13.7 Å². The number of hydrogen-bond acceptors (Lipinski definition) is 2. The van der Waals surface area contributed by atoms with E-state index in [-0.39, 0.29) is 0 Å². The van der Waals surface area contributed by atoms with Crippen molar-refractivity contribution in [1.29, 1.82) is 0 Å². The topological polar surface area (TPSA) is 21.3 Å². The molecule has 2 nitrogen and oxygen atoms in total. The molecule has 0 amide bonds. The van der Waals surface area contributed by atoms with Gasteiger partial charge in [0, 0.05) is 6.04 Å². The molecule has 15 heavy (non-hydrogen) atoms. The van der Waals surface area contributed by atoms with Crippen molar-refractivity contribution in [3.05, 3.63) is 29.8 Å². The number of methoxy groups -OCH3 is 1. The zero-order chi connectivity index (χ0) is 11.1. The van der Waals surface area contributed by atoms with Crippen LogP contribution >= 0.6 is 0 Å². The molecule has 0 bridgehead atoms. The smallest absolute Gasteiger partial charge is 0.119 e. The molecule has 0 aliphatic rings. The van der Waals surface area contributed by atoms with Crippen molar-refractivity contribution < 1.29 is 4.74 Å². The van der Waals surface area contributed by atoms with Gasteiger partial charge in [-0.3, -0.25) is 0 Å². The van der Waals surface area contributed by atoms with E-state index in [4.69, 9.17) is 4.74 Å². The summed E-state index contributed by atoms with van der Waals surface area (Å²) < 4.78 is 5.20. The van der Waals surface area contributed by atoms with Gasteiger partial charge < -0.3 is 10.1 Å². The molecule has 0 radical (unpaired) electrons. The molecule has 1 unspecified atom stereocenters. The Balaban J connectivity index is 2.52. The van der Waals surface area contributed by atoms with E-state index in [1.807, 2.05) is 12.1 Å². The Kier molecular flexibility index (Phi) is 5.19. The van der Waals surface area contributed by atoms with E-state index in [1.54, 1.807) is 7.11 Å². The van der Waals surface area contributed by atoms with Gasteiger partial charge in [-0.2, -0.15) is 0 Å². The quantitative estimate of drug-likeness (QED) is 0.723. The third-order valence-electron chi connectivity index (χ3n) is 2.57. The Morgan fingerprint density at radius 2 is 2.20 bits per heavy atom. The molecule has 1 aromatic carbocycles. The molecule has 1 atom stereocenters. The second-order valence-corrected chi connectivity index (χ2v) is 3.81. The van der Waals surface area contributed by atoms with E-state index in [2.05, 4.69) is 31.3 Å². The maximum atomic E-state index is 5.20. The van der Waals surface area contributed by atoms with Gasteiger partial charge in [-0.1, -0.05) is 25.5 Å². The van der Waals surface area contributed by atoms with Crippen LogP contribution in [0.15, 0.2) is 24.3 Å². The molecule has 2 heteroatoms. The van der Waals surface area contributed by atoms with Gasteiger partial charge in [0.05, 0.1) is 7.11 Å². The SMILES string of the molecule is CCCCNC(C)c1cccc(OC)c1. The lowest BCUT2D eigenvalue weighted by atomic mass is 10.1. The highest BCUT2D eigenvalue weighted by atomic mass is 16.5. The monoisotopic (exact) mass is 207 g/mol. The van der Waals surface area contributed by atoms with E-state index in [1.165, 1.54) is 18.4 Å². The third-order valence-corrected chi connectivity index (χ3v) is 2.57. The van der Waals surface area contributed by atoms with Crippen molar-refractivity contribution in [1.82, 2.24) is 5.32 Å². The van der Waals surface area contributed by atoms with E-state index < -0.39 is 0 Å². The van der Waals surface area contributed by atoms with Crippen molar-refractivity contribution in [2.45, 2.75) is 32.7 Å². The number of ether oxygens (including phenoxy) is 1. The highest BCUT2D eigenvalue weighted by Gasteiger charge is 2.04. The summed E-state index contributed by atoms with van der Waals surface area (Å²) in [7, 11) is 1.70. The summed E-state index contributed by atoms with van der Waals surface area (Å²) in [5.74, 6) is 0.927. The Bertz CT molecular complexity index is 286. The first-order valence-corrected chi connectivity index (χ1v) is 5.65. The number of hydrogen-bond donors (Lipinski definition) is 1. The molecule has 0 aliphatic carbocycles. The molecule has 0 saturated carbocycles. The molecule has 0 heterocycles. The van der Waals surface area contributed by atoms with Gasteiger partial charge >= 0.3 is 0 Å². The average molecular weight is 207 g/mol. The molecule has 0 spiro atoms. The molecular formula is C13H21NO. The minimum atomic E-state index is 0.395. The summed E-state index contributed by atoms with van der Waals surface area (Å²) >= 11 is 0. The maximum Gasteiger partial charge on any atom is 0.119 e. The average Bonchev–Trinajstić information content (AvgIpc) is 2.29. The van der Waals surface area contributed by atoms with Crippen LogP contribution < -0.4 is 10.1 Å². The number of rotatable bonds is 6. The number of benzene rings is 1. The summed E-state index contributed by atoms with van der Waals surface area (Å²) in [6, 6.07) is 8.62. The molecule has 0 fully saturated rings. The predicted molar refractivity (Wildman–Crippen MR) is 64.3 cm³/mol. The van der Waals surface area contributed by atoms with E-state index in [0.717, 1.165) is 12.3 Å². The van der Waals surface area contributed by atoms with Crippen molar-refractivity contribution in [3.8, 4) is 5.75 Å². The predicted octanol–water partition coefficient (Wildman–Crippen LogP) is 3.15. The molecular weight excluding hydrogens is 186 g/mol. The molecule has 0 aromatic heterocycles. The van der Waals surface area contributed by atoms with Gasteiger partial charge in [0.1, 0.15) is 5.75 Å². The summed E-state index contributed by atoms with van der Waals surface area (Å²) in [4.78, 5) is 0. The first-order chi connectivity index (χ1) is 7.27. The van der Waals surface area contributed by atoms with E-state index in [9.17, 15) is 0 Å². The van der Waals surface area contributed by atoms with E-state index >= 15 is 0 Å². The highest BCUT2D eigenvalue weighted by Crippen LogP contribution is 2.18. The standard InChI is InChI=1S/C13H21NO/c1-4-5-9-14-11(2)12-7-6-8-13(10-12)15-3/h6-8,10-11,14H,4-5,9H2,1-3H3. The first-order valence-electron chi connectivity index (χ1n) is 5.65. The fourth-order valence-corrected chi connectivity index (χ4v) is 1.52. The largest absolute Gasteiger partial charge is 0.497 e. The fourth-order valence-electron chi connectivity index (χ4n) is 1.52. The Hall–Kier alpha value is -1.02.